The maximum atomic E-state index is 13.3. The number of nitrogens with zero attached hydrogens (tertiary/aromatic N) is 2. The van der Waals surface area contributed by atoms with Crippen LogP contribution in [0.25, 0.3) is 21.8 Å². The summed E-state index contributed by atoms with van der Waals surface area (Å²) in [5, 5.41) is 11.8. The van der Waals surface area contributed by atoms with E-state index in [1.54, 1.807) is 22.5 Å². The second-order valence-electron chi connectivity index (χ2n) is 7.60. The minimum absolute atomic E-state index is 0.121. The van der Waals surface area contributed by atoms with Gasteiger partial charge in [-0.05, 0) is 43.2 Å². The Hall–Kier alpha value is -2.53. The number of aliphatic carboxylic acids is 1. The van der Waals surface area contributed by atoms with Crippen LogP contribution in [0.15, 0.2) is 36.4 Å². The molecule has 1 unspecified atom stereocenters. The van der Waals surface area contributed by atoms with Crippen molar-refractivity contribution in [3.8, 4) is 0 Å². The third-order valence-corrected chi connectivity index (χ3v) is 5.72. The number of hydrogen-bond donors (Lipinski definition) is 1. The molecule has 0 saturated heterocycles. The molecule has 5 nitrogen and oxygen atoms in total. The van der Waals surface area contributed by atoms with Crippen LogP contribution in [0.5, 0.6) is 0 Å². The Morgan fingerprint density at radius 3 is 2.52 bits per heavy atom. The number of fused-ring (bicyclic) bond motifs is 3. The fourth-order valence-electron chi connectivity index (χ4n) is 3.67. The normalized spacial score (nSPS) is 12.4. The first kappa shape index (κ1) is 21.2. The van der Waals surface area contributed by atoms with E-state index in [4.69, 9.17) is 11.6 Å². The van der Waals surface area contributed by atoms with E-state index in [1.807, 2.05) is 37.4 Å². The van der Waals surface area contributed by atoms with Crippen molar-refractivity contribution in [1.82, 2.24) is 9.47 Å². The van der Waals surface area contributed by atoms with Crippen LogP contribution >= 0.6 is 11.6 Å². The maximum absolute atomic E-state index is 13.3. The molecule has 2 aromatic carbocycles. The Bertz CT molecular complexity index is 1060. The fraction of sp³-hybridized carbons (Fsp3) is 0.391. The van der Waals surface area contributed by atoms with Crippen LogP contribution in [0.3, 0.4) is 0 Å². The van der Waals surface area contributed by atoms with Crippen molar-refractivity contribution < 1.29 is 14.7 Å². The standard InChI is InChI=1S/C23H27ClN2O3/c1-4-5-6-7-12-25(3)23(29)26-20-11-9-17(24)14-19(20)18-10-8-16(13-21(18)26)15(2)22(27)28/h8-11,13-15H,4-7,12H2,1-3H3,(H,27,28). The van der Waals surface area contributed by atoms with Crippen LogP contribution in [0.4, 0.5) is 4.79 Å². The van der Waals surface area contributed by atoms with Crippen molar-refractivity contribution in [3.63, 3.8) is 0 Å². The molecule has 154 valence electrons. The molecule has 1 atom stereocenters. The summed E-state index contributed by atoms with van der Waals surface area (Å²) in [6, 6.07) is 10.9. The number of carboxylic acids is 1. The molecule has 0 radical (unpaired) electrons. The lowest BCUT2D eigenvalue weighted by Crippen LogP contribution is -2.31. The molecule has 0 spiro atoms. The van der Waals surface area contributed by atoms with Crippen molar-refractivity contribution in [2.75, 3.05) is 13.6 Å². The predicted molar refractivity (Wildman–Crippen MR) is 118 cm³/mol. The molecule has 29 heavy (non-hydrogen) atoms. The summed E-state index contributed by atoms with van der Waals surface area (Å²) in [7, 11) is 1.81. The SMILES string of the molecule is CCCCCCN(C)C(=O)n1c2ccc(Cl)cc2c2ccc(C(C)C(=O)O)cc21. The molecule has 3 rings (SSSR count). The van der Waals surface area contributed by atoms with E-state index >= 15 is 0 Å². The molecule has 1 N–H and O–H groups in total. The molecule has 1 heterocycles. The van der Waals surface area contributed by atoms with Gasteiger partial charge >= 0.3 is 12.0 Å². The van der Waals surface area contributed by atoms with E-state index in [-0.39, 0.29) is 6.03 Å². The number of carboxylic acid groups (broad SMARTS) is 1. The molecule has 3 aromatic rings. The van der Waals surface area contributed by atoms with E-state index in [9.17, 15) is 14.7 Å². The van der Waals surface area contributed by atoms with Gasteiger partial charge in [-0.25, -0.2) is 4.79 Å². The van der Waals surface area contributed by atoms with E-state index in [0.29, 0.717) is 22.6 Å². The summed E-state index contributed by atoms with van der Waals surface area (Å²) < 4.78 is 1.68. The van der Waals surface area contributed by atoms with Crippen molar-refractivity contribution >= 4 is 45.4 Å². The van der Waals surface area contributed by atoms with Crippen LogP contribution in [0, 0.1) is 0 Å². The zero-order valence-electron chi connectivity index (χ0n) is 17.1. The highest BCUT2D eigenvalue weighted by atomic mass is 35.5. The van der Waals surface area contributed by atoms with Gasteiger partial charge in [0.1, 0.15) is 0 Å². The molecule has 0 aliphatic rings. The first-order valence-electron chi connectivity index (χ1n) is 10.1. The number of carbonyl (C=O) groups excluding carboxylic acids is 1. The van der Waals surface area contributed by atoms with E-state index in [0.717, 1.165) is 42.0 Å². The van der Waals surface area contributed by atoms with Crippen LogP contribution < -0.4 is 0 Å². The number of unbranched alkanes of at least 4 members (excludes halogenated alkanes) is 3. The van der Waals surface area contributed by atoms with Crippen LogP contribution in [0.1, 0.15) is 51.0 Å². The zero-order valence-corrected chi connectivity index (χ0v) is 17.9. The van der Waals surface area contributed by atoms with Crippen LogP contribution in [-0.2, 0) is 4.79 Å². The number of carbonyl (C=O) groups is 2. The quantitative estimate of drug-likeness (QED) is 0.474. The summed E-state index contributed by atoms with van der Waals surface area (Å²) in [5.41, 5.74) is 2.15. The summed E-state index contributed by atoms with van der Waals surface area (Å²) in [6.45, 7) is 4.49. The minimum atomic E-state index is -0.894. The average Bonchev–Trinajstić information content (AvgIpc) is 3.02. The van der Waals surface area contributed by atoms with Gasteiger partial charge in [-0.2, -0.15) is 0 Å². The molecular weight excluding hydrogens is 388 g/mol. The van der Waals surface area contributed by atoms with Gasteiger partial charge in [0.2, 0.25) is 0 Å². The Morgan fingerprint density at radius 2 is 1.83 bits per heavy atom. The molecule has 0 saturated carbocycles. The highest BCUT2D eigenvalue weighted by molar-refractivity contribution is 6.32. The minimum Gasteiger partial charge on any atom is -0.481 e. The Labute approximate surface area is 175 Å². The molecule has 0 aliphatic heterocycles. The van der Waals surface area contributed by atoms with Gasteiger partial charge in [-0.15, -0.1) is 0 Å². The first-order valence-corrected chi connectivity index (χ1v) is 10.4. The Balaban J connectivity index is 2.10. The molecule has 1 aromatic heterocycles. The van der Waals surface area contributed by atoms with Gasteiger partial charge in [0.25, 0.3) is 0 Å². The molecule has 6 heteroatoms. The Morgan fingerprint density at radius 1 is 1.07 bits per heavy atom. The summed E-state index contributed by atoms with van der Waals surface area (Å²) in [6.07, 6.45) is 4.36. The van der Waals surface area contributed by atoms with E-state index in [1.165, 1.54) is 0 Å². The second-order valence-corrected chi connectivity index (χ2v) is 8.03. The summed E-state index contributed by atoms with van der Waals surface area (Å²) >= 11 is 6.21. The summed E-state index contributed by atoms with van der Waals surface area (Å²) in [4.78, 5) is 26.5. The third-order valence-electron chi connectivity index (χ3n) is 5.49. The highest BCUT2D eigenvalue weighted by Crippen LogP contribution is 2.33. The third kappa shape index (κ3) is 4.25. The fourth-order valence-corrected chi connectivity index (χ4v) is 3.84. The average molecular weight is 415 g/mol. The van der Waals surface area contributed by atoms with Crippen molar-refractivity contribution in [2.24, 2.45) is 0 Å². The van der Waals surface area contributed by atoms with Gasteiger partial charge in [0.15, 0.2) is 0 Å². The Kier molecular flexibility index (Phi) is 6.48. The van der Waals surface area contributed by atoms with E-state index in [2.05, 4.69) is 6.92 Å². The van der Waals surface area contributed by atoms with Crippen LogP contribution in [0.2, 0.25) is 5.02 Å². The zero-order chi connectivity index (χ0) is 21.1. The van der Waals surface area contributed by atoms with E-state index < -0.39 is 11.9 Å². The lowest BCUT2D eigenvalue weighted by molar-refractivity contribution is -0.138. The van der Waals surface area contributed by atoms with Gasteiger partial charge in [0.05, 0.1) is 17.0 Å². The van der Waals surface area contributed by atoms with Crippen LogP contribution in [-0.4, -0.2) is 40.2 Å². The predicted octanol–water partition coefficient (Wildman–Crippen LogP) is 6.12. The van der Waals surface area contributed by atoms with Gasteiger partial charge in [-0.1, -0.05) is 49.9 Å². The largest absolute Gasteiger partial charge is 0.481 e. The molecule has 1 amide bonds. The molecule has 0 fully saturated rings. The monoisotopic (exact) mass is 414 g/mol. The number of aromatic nitrogens is 1. The lowest BCUT2D eigenvalue weighted by atomic mass is 10.00. The molecule has 0 bridgehead atoms. The number of rotatable bonds is 7. The number of halogens is 1. The van der Waals surface area contributed by atoms with Gasteiger partial charge in [0, 0.05) is 29.4 Å². The van der Waals surface area contributed by atoms with Crippen molar-refractivity contribution in [3.05, 3.63) is 47.0 Å². The lowest BCUT2D eigenvalue weighted by Gasteiger charge is -2.19. The molecular formula is C23H27ClN2O3. The number of benzene rings is 2. The number of hydrogen-bond acceptors (Lipinski definition) is 2. The smallest absolute Gasteiger partial charge is 0.328 e. The van der Waals surface area contributed by atoms with Crippen molar-refractivity contribution in [1.29, 1.82) is 0 Å². The van der Waals surface area contributed by atoms with Gasteiger partial charge < -0.3 is 10.0 Å². The summed E-state index contributed by atoms with van der Waals surface area (Å²) in [5.74, 6) is -1.55. The topological polar surface area (TPSA) is 62.5 Å². The second kappa shape index (κ2) is 8.87. The highest BCUT2D eigenvalue weighted by Gasteiger charge is 2.21. The first-order chi connectivity index (χ1) is 13.8. The van der Waals surface area contributed by atoms with Gasteiger partial charge in [-0.3, -0.25) is 9.36 Å². The maximum Gasteiger partial charge on any atom is 0.328 e. The van der Waals surface area contributed by atoms with Crippen molar-refractivity contribution in [2.45, 2.75) is 45.4 Å². The molecule has 0 aliphatic carbocycles. The number of amides is 1.